The van der Waals surface area contributed by atoms with Crippen LogP contribution < -0.4 is 0 Å². The summed E-state index contributed by atoms with van der Waals surface area (Å²) in [6, 6.07) is 18.1. The van der Waals surface area contributed by atoms with E-state index in [2.05, 4.69) is 58.3 Å². The molecule has 4 heteroatoms. The molecule has 1 fully saturated rings. The Hall–Kier alpha value is -1.06. The van der Waals surface area contributed by atoms with Crippen LogP contribution in [-0.2, 0) is 25.9 Å². The standard InChI is InChI=1S/C26H34N2.2ClH/c1-3-7-25-19-27(15-13-23(25)5-1)17-21-9-11-22(12-10-21)18-28-16-14-24-6-2-4-8-26(24)20-28;;/h1-8,21-22H,9-20H2;2*1H. The predicted octanol–water partition coefficient (Wildman–Crippen LogP) is 5.75. The van der Waals surface area contributed by atoms with Crippen LogP contribution in [0.4, 0.5) is 0 Å². The Morgan fingerprint density at radius 2 is 0.933 bits per heavy atom. The first-order valence-corrected chi connectivity index (χ1v) is 11.4. The molecule has 2 aromatic rings. The van der Waals surface area contributed by atoms with E-state index in [0.717, 1.165) is 11.8 Å². The summed E-state index contributed by atoms with van der Waals surface area (Å²) >= 11 is 0. The summed E-state index contributed by atoms with van der Waals surface area (Å²) in [6.45, 7) is 7.48. The van der Waals surface area contributed by atoms with Gasteiger partial charge < -0.3 is 0 Å². The minimum atomic E-state index is 0. The lowest BCUT2D eigenvalue weighted by atomic mass is 9.81. The summed E-state index contributed by atoms with van der Waals surface area (Å²) in [5.74, 6) is 1.84. The Morgan fingerprint density at radius 1 is 0.567 bits per heavy atom. The maximum Gasteiger partial charge on any atom is 0.0236 e. The number of halogens is 2. The molecule has 2 aromatic carbocycles. The van der Waals surface area contributed by atoms with E-state index >= 15 is 0 Å². The van der Waals surface area contributed by atoms with Crippen molar-refractivity contribution in [3.05, 3.63) is 70.8 Å². The SMILES string of the molecule is Cl.Cl.c1ccc2c(c1)CCN(CC1CCC(CN3CCc4ccccc4C3)CC1)C2. The topological polar surface area (TPSA) is 6.48 Å². The number of hydrogen-bond donors (Lipinski definition) is 0. The number of nitrogens with zero attached hydrogens (tertiary/aromatic N) is 2. The zero-order chi connectivity index (χ0) is 18.8. The van der Waals surface area contributed by atoms with Crippen molar-refractivity contribution in [1.82, 2.24) is 9.80 Å². The average molecular weight is 447 g/mol. The van der Waals surface area contributed by atoms with Crippen LogP contribution in [0, 0.1) is 11.8 Å². The molecule has 0 saturated heterocycles. The van der Waals surface area contributed by atoms with Gasteiger partial charge in [-0.15, -0.1) is 24.8 Å². The summed E-state index contributed by atoms with van der Waals surface area (Å²) in [4.78, 5) is 5.43. The number of hydrogen-bond acceptors (Lipinski definition) is 2. The molecule has 5 rings (SSSR count). The van der Waals surface area contributed by atoms with Crippen LogP contribution in [0.15, 0.2) is 48.5 Å². The largest absolute Gasteiger partial charge is 0.298 e. The van der Waals surface area contributed by atoms with Gasteiger partial charge in [0.1, 0.15) is 0 Å². The second kappa shape index (κ2) is 11.0. The molecular weight excluding hydrogens is 411 g/mol. The van der Waals surface area contributed by atoms with Crippen molar-refractivity contribution in [2.24, 2.45) is 11.8 Å². The Bertz CT molecular complexity index is 734. The van der Waals surface area contributed by atoms with E-state index in [1.165, 1.54) is 77.8 Å². The first-order valence-electron chi connectivity index (χ1n) is 11.4. The molecule has 2 aliphatic heterocycles. The van der Waals surface area contributed by atoms with Gasteiger partial charge in [0.25, 0.3) is 0 Å². The molecule has 0 bridgehead atoms. The quantitative estimate of drug-likeness (QED) is 0.589. The summed E-state index contributed by atoms with van der Waals surface area (Å²) < 4.78 is 0. The highest BCUT2D eigenvalue weighted by Crippen LogP contribution is 2.32. The Morgan fingerprint density at radius 3 is 1.33 bits per heavy atom. The van der Waals surface area contributed by atoms with Gasteiger partial charge in [0, 0.05) is 39.3 Å². The third-order valence-electron chi connectivity index (χ3n) is 7.42. The Kier molecular flexibility index (Phi) is 8.65. The Balaban J connectivity index is 0.00000128. The molecule has 1 aliphatic carbocycles. The van der Waals surface area contributed by atoms with Crippen molar-refractivity contribution in [1.29, 1.82) is 0 Å². The smallest absolute Gasteiger partial charge is 0.0236 e. The van der Waals surface area contributed by atoms with Crippen LogP contribution in [0.1, 0.15) is 47.9 Å². The van der Waals surface area contributed by atoms with Crippen molar-refractivity contribution in [2.75, 3.05) is 26.2 Å². The van der Waals surface area contributed by atoms with E-state index in [1.807, 2.05) is 0 Å². The van der Waals surface area contributed by atoms with Crippen molar-refractivity contribution in [3.8, 4) is 0 Å². The van der Waals surface area contributed by atoms with Crippen molar-refractivity contribution < 1.29 is 0 Å². The lowest BCUT2D eigenvalue weighted by molar-refractivity contribution is 0.139. The molecule has 0 radical (unpaired) electrons. The van der Waals surface area contributed by atoms with Gasteiger partial charge in [-0.3, -0.25) is 9.80 Å². The van der Waals surface area contributed by atoms with Gasteiger partial charge in [-0.25, -0.2) is 0 Å². The van der Waals surface area contributed by atoms with Gasteiger partial charge in [0.2, 0.25) is 0 Å². The predicted molar refractivity (Wildman–Crippen MR) is 131 cm³/mol. The summed E-state index contributed by atoms with van der Waals surface area (Å²) in [5.41, 5.74) is 6.27. The monoisotopic (exact) mass is 446 g/mol. The van der Waals surface area contributed by atoms with Crippen LogP contribution in [0.25, 0.3) is 0 Å². The van der Waals surface area contributed by atoms with E-state index < -0.39 is 0 Å². The molecule has 164 valence electrons. The molecule has 0 amide bonds. The number of rotatable bonds is 4. The average Bonchev–Trinajstić information content (AvgIpc) is 2.75. The maximum atomic E-state index is 2.72. The minimum Gasteiger partial charge on any atom is -0.298 e. The number of benzene rings is 2. The molecule has 0 spiro atoms. The highest BCUT2D eigenvalue weighted by Gasteiger charge is 2.26. The van der Waals surface area contributed by atoms with Crippen LogP contribution in [-0.4, -0.2) is 36.0 Å². The lowest BCUT2D eigenvalue weighted by Gasteiger charge is -2.37. The first-order chi connectivity index (χ1) is 13.8. The first kappa shape index (κ1) is 23.6. The molecule has 1 saturated carbocycles. The number of fused-ring (bicyclic) bond motifs is 2. The highest BCUT2D eigenvalue weighted by atomic mass is 35.5. The fourth-order valence-electron chi connectivity index (χ4n) is 5.75. The molecule has 0 N–H and O–H groups in total. The molecule has 0 aromatic heterocycles. The summed E-state index contributed by atoms with van der Waals surface area (Å²) in [7, 11) is 0. The molecule has 0 unspecified atom stereocenters. The van der Waals surface area contributed by atoms with Crippen molar-refractivity contribution in [3.63, 3.8) is 0 Å². The van der Waals surface area contributed by atoms with Crippen molar-refractivity contribution in [2.45, 2.75) is 51.6 Å². The zero-order valence-corrected chi connectivity index (χ0v) is 19.6. The molecule has 2 nitrogen and oxygen atoms in total. The second-order valence-corrected chi connectivity index (χ2v) is 9.39. The van der Waals surface area contributed by atoms with Gasteiger partial charge in [-0.1, -0.05) is 48.5 Å². The molecular formula is C26H36Cl2N2. The van der Waals surface area contributed by atoms with Crippen molar-refractivity contribution >= 4 is 24.8 Å². The molecule has 3 aliphatic rings. The molecule has 2 heterocycles. The zero-order valence-electron chi connectivity index (χ0n) is 18.0. The molecule has 30 heavy (non-hydrogen) atoms. The van der Waals surface area contributed by atoms with E-state index in [4.69, 9.17) is 0 Å². The highest BCUT2D eigenvalue weighted by molar-refractivity contribution is 5.85. The van der Waals surface area contributed by atoms with E-state index in [0.29, 0.717) is 0 Å². The van der Waals surface area contributed by atoms with E-state index in [9.17, 15) is 0 Å². The third-order valence-corrected chi connectivity index (χ3v) is 7.42. The van der Waals surface area contributed by atoms with E-state index in [1.54, 1.807) is 22.3 Å². The van der Waals surface area contributed by atoms with Gasteiger partial charge in [0.05, 0.1) is 0 Å². The normalized spacial score (nSPS) is 24.1. The lowest BCUT2D eigenvalue weighted by Crippen LogP contribution is -2.38. The Labute approximate surface area is 194 Å². The third kappa shape index (κ3) is 5.59. The van der Waals surface area contributed by atoms with Crippen LogP contribution in [0.2, 0.25) is 0 Å². The van der Waals surface area contributed by atoms with Gasteiger partial charge >= 0.3 is 0 Å². The van der Waals surface area contributed by atoms with Gasteiger partial charge in [-0.2, -0.15) is 0 Å². The summed E-state index contributed by atoms with van der Waals surface area (Å²) in [5, 5.41) is 0. The van der Waals surface area contributed by atoms with Crippen LogP contribution in [0.3, 0.4) is 0 Å². The molecule has 0 atom stereocenters. The van der Waals surface area contributed by atoms with E-state index in [-0.39, 0.29) is 24.8 Å². The maximum absolute atomic E-state index is 2.72. The second-order valence-electron chi connectivity index (χ2n) is 9.39. The fourth-order valence-corrected chi connectivity index (χ4v) is 5.75. The van der Waals surface area contributed by atoms with Gasteiger partial charge in [0.15, 0.2) is 0 Å². The minimum absolute atomic E-state index is 0. The van der Waals surface area contributed by atoms with Gasteiger partial charge in [-0.05, 0) is 72.6 Å². The summed E-state index contributed by atoms with van der Waals surface area (Å²) in [6.07, 6.45) is 8.23. The fraction of sp³-hybridized carbons (Fsp3) is 0.538. The van der Waals surface area contributed by atoms with Crippen LogP contribution in [0.5, 0.6) is 0 Å². The van der Waals surface area contributed by atoms with Crippen LogP contribution >= 0.6 is 24.8 Å².